The van der Waals surface area contributed by atoms with Crippen LogP contribution in [0.2, 0.25) is 0 Å². The van der Waals surface area contributed by atoms with Gasteiger partial charge < -0.3 is 5.11 Å². The Morgan fingerprint density at radius 3 is 2.22 bits per heavy atom. The molecular formula is C8H14O. The molecule has 0 aromatic rings. The van der Waals surface area contributed by atoms with E-state index >= 15 is 0 Å². The fourth-order valence-electron chi connectivity index (χ4n) is 1.98. The summed E-state index contributed by atoms with van der Waals surface area (Å²) in [5.74, 6) is 1.81. The normalized spacial score (nSPS) is 44.7. The van der Waals surface area contributed by atoms with E-state index in [2.05, 4.69) is 6.92 Å². The first-order valence-electron chi connectivity index (χ1n) is 3.89. The van der Waals surface area contributed by atoms with Crippen molar-refractivity contribution in [3.63, 3.8) is 0 Å². The zero-order valence-electron chi connectivity index (χ0n) is 5.93. The second-order valence-corrected chi connectivity index (χ2v) is 3.84. The zero-order valence-corrected chi connectivity index (χ0v) is 5.93. The van der Waals surface area contributed by atoms with Crippen molar-refractivity contribution in [1.82, 2.24) is 0 Å². The van der Waals surface area contributed by atoms with Crippen molar-refractivity contribution < 1.29 is 5.11 Å². The van der Waals surface area contributed by atoms with E-state index in [1.54, 1.807) is 0 Å². The molecule has 9 heavy (non-hydrogen) atoms. The fraction of sp³-hybridized carbons (Fsp3) is 1.00. The number of aliphatic hydroxyl groups excluding tert-OH is 1. The third-order valence-corrected chi connectivity index (χ3v) is 3.10. The van der Waals surface area contributed by atoms with Crippen molar-refractivity contribution in [3.8, 4) is 0 Å². The molecule has 0 radical (unpaired) electrons. The van der Waals surface area contributed by atoms with Crippen molar-refractivity contribution in [1.29, 1.82) is 0 Å². The molecule has 2 unspecified atom stereocenters. The van der Waals surface area contributed by atoms with Crippen LogP contribution < -0.4 is 0 Å². The van der Waals surface area contributed by atoms with E-state index in [9.17, 15) is 0 Å². The summed E-state index contributed by atoms with van der Waals surface area (Å²) in [5, 5.41) is 8.98. The Kier molecular flexibility index (Phi) is 0.963. The molecule has 2 atom stereocenters. The third kappa shape index (κ3) is 0.710. The lowest BCUT2D eigenvalue weighted by molar-refractivity contribution is 0.189. The van der Waals surface area contributed by atoms with Crippen LogP contribution in [0.3, 0.4) is 0 Å². The van der Waals surface area contributed by atoms with Crippen molar-refractivity contribution in [3.05, 3.63) is 0 Å². The lowest BCUT2D eigenvalue weighted by Gasteiger charge is -2.08. The van der Waals surface area contributed by atoms with Crippen LogP contribution in [0.15, 0.2) is 0 Å². The van der Waals surface area contributed by atoms with Gasteiger partial charge in [-0.3, -0.25) is 0 Å². The lowest BCUT2D eigenvalue weighted by Crippen LogP contribution is -2.09. The number of hydrogen-bond donors (Lipinski definition) is 1. The molecule has 0 aliphatic heterocycles. The van der Waals surface area contributed by atoms with Crippen molar-refractivity contribution in [2.75, 3.05) is 6.61 Å². The van der Waals surface area contributed by atoms with Gasteiger partial charge in [0, 0.05) is 6.61 Å². The highest BCUT2D eigenvalue weighted by Crippen LogP contribution is 2.63. The molecule has 2 rings (SSSR count). The minimum absolute atomic E-state index is 0.430. The molecule has 2 saturated carbocycles. The minimum Gasteiger partial charge on any atom is -0.396 e. The molecule has 0 saturated heterocycles. The first kappa shape index (κ1) is 5.72. The number of rotatable bonds is 2. The maximum atomic E-state index is 8.98. The molecule has 1 heteroatoms. The van der Waals surface area contributed by atoms with Crippen molar-refractivity contribution >= 4 is 0 Å². The van der Waals surface area contributed by atoms with E-state index in [4.69, 9.17) is 5.11 Å². The SMILES string of the molecule is CC1CC1C1(CO)CC1. The lowest BCUT2D eigenvalue weighted by atomic mass is 10.0. The average Bonchev–Trinajstić information content (AvgIpc) is 2.63. The quantitative estimate of drug-likeness (QED) is 0.593. The zero-order chi connectivity index (χ0) is 6.48. The molecule has 0 amide bonds. The topological polar surface area (TPSA) is 20.2 Å². The Morgan fingerprint density at radius 1 is 1.56 bits per heavy atom. The van der Waals surface area contributed by atoms with Crippen LogP contribution in [0.1, 0.15) is 26.2 Å². The molecular weight excluding hydrogens is 112 g/mol. The molecule has 52 valence electrons. The standard InChI is InChI=1S/C8H14O/c1-6-4-7(6)8(5-9)2-3-8/h6-7,9H,2-5H2,1H3. The molecule has 1 N–H and O–H groups in total. The highest BCUT2D eigenvalue weighted by molar-refractivity contribution is 5.06. The highest BCUT2D eigenvalue weighted by Gasteiger charge is 2.56. The van der Waals surface area contributed by atoms with E-state index < -0.39 is 0 Å². The molecule has 2 fully saturated rings. The van der Waals surface area contributed by atoms with Gasteiger partial charge in [-0.05, 0) is 36.5 Å². The van der Waals surface area contributed by atoms with E-state index in [0.717, 1.165) is 11.8 Å². The maximum absolute atomic E-state index is 8.98. The van der Waals surface area contributed by atoms with Gasteiger partial charge in [-0.15, -0.1) is 0 Å². The second-order valence-electron chi connectivity index (χ2n) is 3.84. The predicted molar refractivity (Wildman–Crippen MR) is 36.0 cm³/mol. The highest BCUT2D eigenvalue weighted by atomic mass is 16.3. The molecule has 1 nitrogen and oxygen atoms in total. The van der Waals surface area contributed by atoms with Gasteiger partial charge in [0.1, 0.15) is 0 Å². The predicted octanol–water partition coefficient (Wildman–Crippen LogP) is 1.41. The second kappa shape index (κ2) is 1.51. The Hall–Kier alpha value is -0.0400. The largest absolute Gasteiger partial charge is 0.396 e. The Balaban J connectivity index is 1.97. The summed E-state index contributed by atoms with van der Waals surface area (Å²) in [6, 6.07) is 0. The Bertz CT molecular complexity index is 127. The van der Waals surface area contributed by atoms with Crippen LogP contribution in [0.25, 0.3) is 0 Å². The van der Waals surface area contributed by atoms with Crippen molar-refractivity contribution in [2.24, 2.45) is 17.3 Å². The van der Waals surface area contributed by atoms with E-state index in [1.807, 2.05) is 0 Å². The van der Waals surface area contributed by atoms with E-state index in [1.165, 1.54) is 19.3 Å². The van der Waals surface area contributed by atoms with Gasteiger partial charge in [-0.25, -0.2) is 0 Å². The molecule has 0 heterocycles. The van der Waals surface area contributed by atoms with E-state index in [-0.39, 0.29) is 0 Å². The smallest absolute Gasteiger partial charge is 0.0490 e. The minimum atomic E-state index is 0.430. The summed E-state index contributed by atoms with van der Waals surface area (Å²) < 4.78 is 0. The summed E-state index contributed by atoms with van der Waals surface area (Å²) in [5.41, 5.74) is 0.430. The maximum Gasteiger partial charge on any atom is 0.0490 e. The number of hydrogen-bond acceptors (Lipinski definition) is 1. The van der Waals surface area contributed by atoms with Gasteiger partial charge in [0.15, 0.2) is 0 Å². The first-order valence-corrected chi connectivity index (χ1v) is 3.89. The number of aliphatic hydroxyl groups is 1. The Labute approximate surface area is 56.1 Å². The van der Waals surface area contributed by atoms with Crippen LogP contribution in [0.4, 0.5) is 0 Å². The van der Waals surface area contributed by atoms with Gasteiger partial charge >= 0.3 is 0 Å². The molecule has 0 spiro atoms. The summed E-state index contributed by atoms with van der Waals surface area (Å²) in [4.78, 5) is 0. The molecule has 2 aliphatic carbocycles. The summed E-state index contributed by atoms with van der Waals surface area (Å²) in [6.45, 7) is 2.74. The summed E-state index contributed by atoms with van der Waals surface area (Å²) in [7, 11) is 0. The molecule has 0 aromatic carbocycles. The van der Waals surface area contributed by atoms with Crippen LogP contribution in [0.5, 0.6) is 0 Å². The van der Waals surface area contributed by atoms with Crippen LogP contribution in [-0.2, 0) is 0 Å². The van der Waals surface area contributed by atoms with Crippen LogP contribution >= 0.6 is 0 Å². The van der Waals surface area contributed by atoms with Gasteiger partial charge in [0.25, 0.3) is 0 Å². The monoisotopic (exact) mass is 126 g/mol. The third-order valence-electron chi connectivity index (χ3n) is 3.10. The van der Waals surface area contributed by atoms with Crippen LogP contribution in [0, 0.1) is 17.3 Å². The van der Waals surface area contributed by atoms with Gasteiger partial charge in [0.05, 0.1) is 0 Å². The van der Waals surface area contributed by atoms with E-state index in [0.29, 0.717) is 12.0 Å². The van der Waals surface area contributed by atoms with Crippen LogP contribution in [-0.4, -0.2) is 11.7 Å². The molecule has 2 aliphatic rings. The Morgan fingerprint density at radius 2 is 2.11 bits per heavy atom. The summed E-state index contributed by atoms with van der Waals surface area (Å²) >= 11 is 0. The van der Waals surface area contributed by atoms with Crippen molar-refractivity contribution in [2.45, 2.75) is 26.2 Å². The summed E-state index contributed by atoms with van der Waals surface area (Å²) in [6.07, 6.45) is 3.96. The fourth-order valence-corrected chi connectivity index (χ4v) is 1.98. The molecule has 0 bridgehead atoms. The first-order chi connectivity index (χ1) is 4.28. The van der Waals surface area contributed by atoms with Gasteiger partial charge in [-0.1, -0.05) is 6.92 Å². The molecule has 0 aromatic heterocycles. The van der Waals surface area contributed by atoms with Gasteiger partial charge in [0.2, 0.25) is 0 Å². The van der Waals surface area contributed by atoms with Gasteiger partial charge in [-0.2, -0.15) is 0 Å². The average molecular weight is 126 g/mol.